The van der Waals surface area contributed by atoms with Gasteiger partial charge in [-0.1, -0.05) is 0 Å². The molecule has 2 heterocycles. The zero-order valence-electron chi connectivity index (χ0n) is 17.3. The molecule has 1 saturated heterocycles. The number of aryl methyl sites for hydroxylation is 1. The number of carbonyl (C=O) groups excluding carboxylic acids is 1. The number of sulfonamides is 1. The number of nitrogens with zero attached hydrogens (tertiary/aromatic N) is 3. The lowest BCUT2D eigenvalue weighted by molar-refractivity contribution is -0.137. The van der Waals surface area contributed by atoms with Crippen LogP contribution in [0.1, 0.15) is 28.5 Å². The van der Waals surface area contributed by atoms with E-state index in [1.54, 1.807) is 37.9 Å². The van der Waals surface area contributed by atoms with E-state index < -0.39 is 27.8 Å². The van der Waals surface area contributed by atoms with Crippen molar-refractivity contribution in [3.63, 3.8) is 0 Å². The van der Waals surface area contributed by atoms with Crippen molar-refractivity contribution in [3.8, 4) is 0 Å². The lowest BCUT2D eigenvalue weighted by Gasteiger charge is -2.39. The summed E-state index contributed by atoms with van der Waals surface area (Å²) in [7, 11) is -2.26. The van der Waals surface area contributed by atoms with E-state index >= 15 is 0 Å². The van der Waals surface area contributed by atoms with Gasteiger partial charge >= 0.3 is 6.18 Å². The summed E-state index contributed by atoms with van der Waals surface area (Å²) < 4.78 is 65.2. The molecule has 0 bridgehead atoms. The van der Waals surface area contributed by atoms with Gasteiger partial charge in [0, 0.05) is 32.7 Å². The first-order valence-electron chi connectivity index (χ1n) is 9.59. The Balaban J connectivity index is 1.75. The number of pyridine rings is 1. The first-order chi connectivity index (χ1) is 14.4. The predicted molar refractivity (Wildman–Crippen MR) is 109 cm³/mol. The van der Waals surface area contributed by atoms with Crippen LogP contribution in [-0.2, 0) is 16.2 Å². The molecule has 1 aromatic carbocycles. The van der Waals surface area contributed by atoms with E-state index in [1.165, 1.54) is 4.31 Å². The lowest BCUT2D eigenvalue weighted by Crippen LogP contribution is -2.55. The van der Waals surface area contributed by atoms with Crippen LogP contribution in [0.3, 0.4) is 0 Å². The Bertz CT molecular complexity index is 1070. The summed E-state index contributed by atoms with van der Waals surface area (Å²) in [4.78, 5) is 18.7. The predicted octanol–water partition coefficient (Wildman–Crippen LogP) is 2.99. The molecule has 3 rings (SSSR count). The average Bonchev–Trinajstić information content (AvgIpc) is 2.72. The van der Waals surface area contributed by atoms with Crippen molar-refractivity contribution in [2.75, 3.05) is 32.0 Å². The van der Waals surface area contributed by atoms with Gasteiger partial charge in [0.2, 0.25) is 10.0 Å². The number of piperazine rings is 1. The highest BCUT2D eigenvalue weighted by molar-refractivity contribution is 7.89. The van der Waals surface area contributed by atoms with Gasteiger partial charge < -0.3 is 10.2 Å². The monoisotopic (exact) mass is 456 g/mol. The molecule has 0 saturated carbocycles. The number of rotatable bonds is 4. The molecule has 0 aliphatic carbocycles. The molecule has 2 aromatic rings. The Kier molecular flexibility index (Phi) is 6.28. The summed E-state index contributed by atoms with van der Waals surface area (Å²) in [5.74, 6) is 0.390. The van der Waals surface area contributed by atoms with E-state index in [-0.39, 0.29) is 30.4 Å². The second-order valence-electron chi connectivity index (χ2n) is 7.31. The number of alkyl halides is 3. The number of benzene rings is 1. The fraction of sp³-hybridized carbons (Fsp3) is 0.400. The van der Waals surface area contributed by atoms with Crippen LogP contribution in [0.25, 0.3) is 0 Å². The van der Waals surface area contributed by atoms with E-state index in [0.29, 0.717) is 17.1 Å². The van der Waals surface area contributed by atoms with Crippen LogP contribution in [0, 0.1) is 6.92 Å². The highest BCUT2D eigenvalue weighted by Gasteiger charge is 2.36. The zero-order valence-corrected chi connectivity index (χ0v) is 18.1. The molecule has 11 heteroatoms. The number of hydrogen-bond acceptors (Lipinski definition) is 5. The summed E-state index contributed by atoms with van der Waals surface area (Å²) in [6.07, 6.45) is -4.54. The Labute approximate surface area is 178 Å². The largest absolute Gasteiger partial charge is 0.416 e. The van der Waals surface area contributed by atoms with Crippen molar-refractivity contribution in [3.05, 3.63) is 53.2 Å². The summed E-state index contributed by atoms with van der Waals surface area (Å²) in [5.41, 5.74) is 0.0808. The second kappa shape index (κ2) is 8.46. The third kappa shape index (κ3) is 4.67. The summed E-state index contributed by atoms with van der Waals surface area (Å²) in [6.45, 7) is 3.70. The molecule has 1 amide bonds. The SMILES string of the molecule is CNc1ccc(C(=O)N2CCN(S(=O)(=O)c3ccc(C(F)(F)F)cc3)C[C@@H]2C)c(C)n1. The summed E-state index contributed by atoms with van der Waals surface area (Å²) >= 11 is 0. The van der Waals surface area contributed by atoms with E-state index in [4.69, 9.17) is 0 Å². The topological polar surface area (TPSA) is 82.6 Å². The fourth-order valence-electron chi connectivity index (χ4n) is 3.49. The molecule has 7 nitrogen and oxygen atoms in total. The van der Waals surface area contributed by atoms with Crippen molar-refractivity contribution in [1.82, 2.24) is 14.2 Å². The fourth-order valence-corrected chi connectivity index (χ4v) is 5.00. The second-order valence-corrected chi connectivity index (χ2v) is 9.25. The first-order valence-corrected chi connectivity index (χ1v) is 11.0. The number of amides is 1. The molecule has 1 atom stereocenters. The molecule has 168 valence electrons. The van der Waals surface area contributed by atoms with Gasteiger partial charge in [0.25, 0.3) is 5.91 Å². The quantitative estimate of drug-likeness (QED) is 0.765. The first kappa shape index (κ1) is 23.0. The van der Waals surface area contributed by atoms with Gasteiger partial charge in [0.15, 0.2) is 0 Å². The average molecular weight is 456 g/mol. The Morgan fingerprint density at radius 3 is 2.29 bits per heavy atom. The standard InChI is InChI=1S/C20H23F3N4O3S/c1-13-12-26(31(29,30)16-6-4-15(5-7-16)20(21,22)23)10-11-27(13)19(28)17-8-9-18(24-3)25-14(17)2/h4-9,13H,10-12H2,1-3H3,(H,24,25)/t13-/m0/s1. The molecule has 0 unspecified atom stereocenters. The van der Waals surface area contributed by atoms with Crippen LogP contribution in [0.15, 0.2) is 41.3 Å². The summed E-state index contributed by atoms with van der Waals surface area (Å²) in [5, 5.41) is 2.90. The van der Waals surface area contributed by atoms with Gasteiger partial charge in [0.05, 0.1) is 21.7 Å². The van der Waals surface area contributed by atoms with E-state index in [9.17, 15) is 26.4 Å². The maximum Gasteiger partial charge on any atom is 0.416 e. The highest BCUT2D eigenvalue weighted by atomic mass is 32.2. The van der Waals surface area contributed by atoms with Crippen LogP contribution >= 0.6 is 0 Å². The van der Waals surface area contributed by atoms with Gasteiger partial charge in [0.1, 0.15) is 5.82 Å². The molecule has 31 heavy (non-hydrogen) atoms. The molecule has 1 N–H and O–H groups in total. The zero-order chi connectivity index (χ0) is 23.0. The molecular weight excluding hydrogens is 433 g/mol. The van der Waals surface area contributed by atoms with E-state index in [0.717, 1.165) is 24.3 Å². The van der Waals surface area contributed by atoms with E-state index in [2.05, 4.69) is 10.3 Å². The van der Waals surface area contributed by atoms with Crippen molar-refractivity contribution in [2.45, 2.75) is 31.0 Å². The molecule has 1 fully saturated rings. The van der Waals surface area contributed by atoms with Gasteiger partial charge in [-0.25, -0.2) is 13.4 Å². The van der Waals surface area contributed by atoms with Crippen LogP contribution < -0.4 is 5.32 Å². The highest BCUT2D eigenvalue weighted by Crippen LogP contribution is 2.30. The minimum absolute atomic E-state index is 0.0379. The van der Waals surface area contributed by atoms with Crippen LogP contribution in [0.4, 0.5) is 19.0 Å². The van der Waals surface area contributed by atoms with Crippen molar-refractivity contribution >= 4 is 21.7 Å². The molecule has 1 aliphatic rings. The van der Waals surface area contributed by atoms with Gasteiger partial charge in [-0.2, -0.15) is 17.5 Å². The maximum atomic E-state index is 13.0. The molecule has 0 spiro atoms. The van der Waals surface area contributed by atoms with Crippen molar-refractivity contribution in [2.24, 2.45) is 0 Å². The van der Waals surface area contributed by atoms with Gasteiger partial charge in [-0.05, 0) is 50.2 Å². The third-order valence-corrected chi connectivity index (χ3v) is 7.12. The number of carbonyl (C=O) groups is 1. The minimum atomic E-state index is -4.54. The van der Waals surface area contributed by atoms with Crippen LogP contribution in [-0.4, -0.2) is 61.2 Å². The Hall–Kier alpha value is -2.66. The molecule has 0 radical (unpaired) electrons. The maximum absolute atomic E-state index is 13.0. The lowest BCUT2D eigenvalue weighted by atomic mass is 10.1. The Morgan fingerprint density at radius 2 is 1.77 bits per heavy atom. The van der Waals surface area contributed by atoms with Gasteiger partial charge in [-0.3, -0.25) is 4.79 Å². The molecule has 1 aliphatic heterocycles. The summed E-state index contributed by atoms with van der Waals surface area (Å²) in [6, 6.07) is 6.36. The number of anilines is 1. The van der Waals surface area contributed by atoms with Crippen LogP contribution in [0.2, 0.25) is 0 Å². The number of hydrogen-bond donors (Lipinski definition) is 1. The number of aromatic nitrogens is 1. The smallest absolute Gasteiger partial charge is 0.373 e. The Morgan fingerprint density at radius 1 is 1.13 bits per heavy atom. The van der Waals surface area contributed by atoms with Crippen molar-refractivity contribution in [1.29, 1.82) is 0 Å². The van der Waals surface area contributed by atoms with Crippen LogP contribution in [0.5, 0.6) is 0 Å². The number of nitrogens with one attached hydrogen (secondary N) is 1. The van der Waals surface area contributed by atoms with Gasteiger partial charge in [-0.15, -0.1) is 0 Å². The normalized spacial score (nSPS) is 18.1. The minimum Gasteiger partial charge on any atom is -0.373 e. The van der Waals surface area contributed by atoms with Crippen molar-refractivity contribution < 1.29 is 26.4 Å². The third-order valence-electron chi connectivity index (χ3n) is 5.24. The molecule has 1 aromatic heterocycles. The molecular formula is C20H23F3N4O3S. The van der Waals surface area contributed by atoms with E-state index in [1.807, 2.05) is 0 Å². The number of halogens is 3.